The van der Waals surface area contributed by atoms with Gasteiger partial charge < -0.3 is 20.1 Å². The molecule has 2 N–H and O–H groups in total. The molecule has 0 spiro atoms. The molecule has 0 saturated carbocycles. The molecule has 0 radical (unpaired) electrons. The van der Waals surface area contributed by atoms with Gasteiger partial charge in [0, 0.05) is 20.1 Å². The number of hydrogen-bond acceptors (Lipinski definition) is 3. The molecule has 0 amide bonds. The Hall–Kier alpha value is -2.90. The van der Waals surface area contributed by atoms with E-state index in [2.05, 4.69) is 15.6 Å². The first-order valence-electron chi connectivity index (χ1n) is 8.95. The highest BCUT2D eigenvalue weighted by molar-refractivity contribution is 5.79. The quantitative estimate of drug-likeness (QED) is 0.604. The van der Waals surface area contributed by atoms with E-state index in [1.54, 1.807) is 13.1 Å². The molecule has 1 heterocycles. The maximum Gasteiger partial charge on any atom is 0.416 e. The molecule has 0 fully saturated rings. The van der Waals surface area contributed by atoms with Crippen LogP contribution in [-0.2, 0) is 19.1 Å². The van der Waals surface area contributed by atoms with Crippen molar-refractivity contribution in [3.63, 3.8) is 0 Å². The minimum absolute atomic E-state index is 0.244. The fourth-order valence-corrected chi connectivity index (χ4v) is 2.83. The number of aliphatic imine (C=N–C) groups is 1. The number of ether oxygens (including phenoxy) is 2. The van der Waals surface area contributed by atoms with Crippen molar-refractivity contribution in [1.82, 2.24) is 10.6 Å². The molecule has 150 valence electrons. The molecular weight excluding hydrogens is 371 g/mol. The third-order valence-corrected chi connectivity index (χ3v) is 4.25. The average Bonchev–Trinajstić information content (AvgIpc) is 2.70. The van der Waals surface area contributed by atoms with Gasteiger partial charge in [0.2, 0.25) is 0 Å². The summed E-state index contributed by atoms with van der Waals surface area (Å²) in [5, 5.41) is 6.19. The molecule has 0 saturated heterocycles. The number of hydrogen-bond donors (Lipinski definition) is 2. The van der Waals surface area contributed by atoms with Crippen LogP contribution in [0.15, 0.2) is 47.5 Å². The Labute approximate surface area is 161 Å². The van der Waals surface area contributed by atoms with Crippen LogP contribution in [0.2, 0.25) is 0 Å². The predicted molar refractivity (Wildman–Crippen MR) is 101 cm³/mol. The molecule has 1 aliphatic heterocycles. The molecule has 0 unspecified atom stereocenters. The minimum atomic E-state index is -4.35. The monoisotopic (exact) mass is 393 g/mol. The summed E-state index contributed by atoms with van der Waals surface area (Å²) < 4.78 is 49.5. The molecule has 1 aliphatic rings. The van der Waals surface area contributed by atoms with Crippen molar-refractivity contribution in [2.75, 3.05) is 26.8 Å². The first-order valence-corrected chi connectivity index (χ1v) is 8.95. The van der Waals surface area contributed by atoms with Crippen LogP contribution in [0.3, 0.4) is 0 Å². The second-order valence-corrected chi connectivity index (χ2v) is 6.28. The Morgan fingerprint density at radius 2 is 1.79 bits per heavy atom. The predicted octanol–water partition coefficient (Wildman–Crippen LogP) is 3.38. The minimum Gasteiger partial charge on any atom is -0.486 e. The zero-order valence-electron chi connectivity index (χ0n) is 15.5. The SMILES string of the molecule is CN=C(NCCc1ccc2c(c1)OCCO2)NCc1cccc(C(F)(F)F)c1. The van der Waals surface area contributed by atoms with Crippen LogP contribution in [0, 0.1) is 0 Å². The van der Waals surface area contributed by atoms with Crippen molar-refractivity contribution in [3.8, 4) is 11.5 Å². The molecule has 8 heteroatoms. The van der Waals surface area contributed by atoms with Crippen molar-refractivity contribution in [2.45, 2.75) is 19.1 Å². The van der Waals surface area contributed by atoms with E-state index in [0.29, 0.717) is 31.3 Å². The van der Waals surface area contributed by atoms with E-state index in [0.717, 1.165) is 35.6 Å². The van der Waals surface area contributed by atoms with Crippen LogP contribution < -0.4 is 20.1 Å². The molecule has 3 rings (SSSR count). The summed E-state index contributed by atoms with van der Waals surface area (Å²) >= 11 is 0. The highest BCUT2D eigenvalue weighted by atomic mass is 19.4. The molecule has 0 aromatic heterocycles. The first-order chi connectivity index (χ1) is 13.5. The summed E-state index contributed by atoms with van der Waals surface area (Å²) in [6.45, 7) is 1.96. The summed E-state index contributed by atoms with van der Waals surface area (Å²) in [6, 6.07) is 11.1. The molecule has 2 aromatic rings. The maximum absolute atomic E-state index is 12.8. The number of fused-ring (bicyclic) bond motifs is 1. The van der Waals surface area contributed by atoms with Gasteiger partial charge in [0.25, 0.3) is 0 Å². The van der Waals surface area contributed by atoms with Gasteiger partial charge in [-0.15, -0.1) is 0 Å². The summed E-state index contributed by atoms with van der Waals surface area (Å²) in [4.78, 5) is 4.10. The van der Waals surface area contributed by atoms with E-state index >= 15 is 0 Å². The first kappa shape index (κ1) is 19.9. The second-order valence-electron chi connectivity index (χ2n) is 6.28. The highest BCUT2D eigenvalue weighted by Crippen LogP contribution is 2.31. The number of guanidine groups is 1. The van der Waals surface area contributed by atoms with E-state index in [4.69, 9.17) is 9.47 Å². The van der Waals surface area contributed by atoms with Gasteiger partial charge in [-0.1, -0.05) is 18.2 Å². The zero-order chi connectivity index (χ0) is 20.0. The second kappa shape index (κ2) is 8.86. The number of alkyl halides is 3. The van der Waals surface area contributed by atoms with Crippen LogP contribution in [0.25, 0.3) is 0 Å². The highest BCUT2D eigenvalue weighted by Gasteiger charge is 2.30. The molecule has 5 nitrogen and oxygen atoms in total. The smallest absolute Gasteiger partial charge is 0.416 e. The van der Waals surface area contributed by atoms with Crippen molar-refractivity contribution in [3.05, 3.63) is 59.2 Å². The fraction of sp³-hybridized carbons (Fsp3) is 0.350. The average molecular weight is 393 g/mol. The number of nitrogens with one attached hydrogen (secondary N) is 2. The Balaban J connectivity index is 1.49. The lowest BCUT2D eigenvalue weighted by Gasteiger charge is -2.19. The summed E-state index contributed by atoms with van der Waals surface area (Å²) in [6.07, 6.45) is -3.61. The van der Waals surface area contributed by atoms with Gasteiger partial charge >= 0.3 is 6.18 Å². The standard InChI is InChI=1S/C20H22F3N3O2/c1-24-19(26-13-15-3-2-4-16(11-15)20(21,22)23)25-8-7-14-5-6-17-18(12-14)28-10-9-27-17/h2-6,11-12H,7-10,13H2,1H3,(H2,24,25,26). The zero-order valence-corrected chi connectivity index (χ0v) is 15.5. The lowest BCUT2D eigenvalue weighted by atomic mass is 10.1. The molecule has 28 heavy (non-hydrogen) atoms. The maximum atomic E-state index is 12.8. The van der Waals surface area contributed by atoms with Crippen molar-refractivity contribution < 1.29 is 22.6 Å². The van der Waals surface area contributed by atoms with E-state index < -0.39 is 11.7 Å². The fourth-order valence-electron chi connectivity index (χ4n) is 2.83. The van der Waals surface area contributed by atoms with Crippen LogP contribution in [-0.4, -0.2) is 32.8 Å². The summed E-state index contributed by atoms with van der Waals surface area (Å²) in [7, 11) is 1.62. The van der Waals surface area contributed by atoms with E-state index in [1.807, 2.05) is 18.2 Å². The van der Waals surface area contributed by atoms with Gasteiger partial charge in [0.1, 0.15) is 13.2 Å². The number of nitrogens with zero attached hydrogens (tertiary/aromatic N) is 1. The van der Waals surface area contributed by atoms with Gasteiger partial charge in [-0.2, -0.15) is 13.2 Å². The van der Waals surface area contributed by atoms with Gasteiger partial charge in [-0.05, 0) is 41.8 Å². The summed E-state index contributed by atoms with van der Waals surface area (Å²) in [5.41, 5.74) is 0.961. The molecule has 0 atom stereocenters. The van der Waals surface area contributed by atoms with Crippen molar-refractivity contribution in [1.29, 1.82) is 0 Å². The third-order valence-electron chi connectivity index (χ3n) is 4.25. The molecule has 0 aliphatic carbocycles. The topological polar surface area (TPSA) is 54.9 Å². The number of rotatable bonds is 5. The number of halogens is 3. The van der Waals surface area contributed by atoms with Crippen LogP contribution >= 0.6 is 0 Å². The van der Waals surface area contributed by atoms with Gasteiger partial charge in [0.15, 0.2) is 17.5 Å². The molecular formula is C20H22F3N3O2. The van der Waals surface area contributed by atoms with Crippen molar-refractivity contribution >= 4 is 5.96 Å². The van der Waals surface area contributed by atoms with Crippen LogP contribution in [0.5, 0.6) is 11.5 Å². The summed E-state index contributed by atoms with van der Waals surface area (Å²) in [5.74, 6) is 2.02. The van der Waals surface area contributed by atoms with Crippen LogP contribution in [0.4, 0.5) is 13.2 Å². The van der Waals surface area contributed by atoms with Crippen molar-refractivity contribution in [2.24, 2.45) is 4.99 Å². The largest absolute Gasteiger partial charge is 0.486 e. The third kappa shape index (κ3) is 5.31. The van der Waals surface area contributed by atoms with E-state index in [1.165, 1.54) is 6.07 Å². The number of benzene rings is 2. The van der Waals surface area contributed by atoms with Gasteiger partial charge in [-0.25, -0.2) is 0 Å². The lowest BCUT2D eigenvalue weighted by molar-refractivity contribution is -0.137. The Morgan fingerprint density at radius 1 is 1.00 bits per heavy atom. The lowest BCUT2D eigenvalue weighted by Crippen LogP contribution is -2.37. The molecule has 0 bridgehead atoms. The normalized spacial score (nSPS) is 13.9. The molecule has 2 aromatic carbocycles. The van der Waals surface area contributed by atoms with Gasteiger partial charge in [-0.3, -0.25) is 4.99 Å². The Bertz CT molecular complexity index is 838. The van der Waals surface area contributed by atoms with Crippen LogP contribution in [0.1, 0.15) is 16.7 Å². The Morgan fingerprint density at radius 3 is 2.54 bits per heavy atom. The van der Waals surface area contributed by atoms with E-state index in [-0.39, 0.29) is 6.54 Å². The Kier molecular flexibility index (Phi) is 6.28. The van der Waals surface area contributed by atoms with E-state index in [9.17, 15) is 13.2 Å². The van der Waals surface area contributed by atoms with Gasteiger partial charge in [0.05, 0.1) is 5.56 Å².